The van der Waals surface area contributed by atoms with Gasteiger partial charge < -0.3 is 5.32 Å². The van der Waals surface area contributed by atoms with E-state index in [1.54, 1.807) is 24.4 Å². The van der Waals surface area contributed by atoms with Crippen LogP contribution in [-0.2, 0) is 4.79 Å². The maximum atomic E-state index is 13.7. The molecule has 27 heavy (non-hydrogen) atoms. The summed E-state index contributed by atoms with van der Waals surface area (Å²) in [6.45, 7) is 0. The van der Waals surface area contributed by atoms with Crippen molar-refractivity contribution in [3.05, 3.63) is 84.1 Å². The Morgan fingerprint density at radius 3 is 2.78 bits per heavy atom. The van der Waals surface area contributed by atoms with Crippen molar-refractivity contribution in [2.24, 2.45) is 0 Å². The number of fused-ring (bicyclic) bond motifs is 2. The normalized spacial score (nSPS) is 14.6. The van der Waals surface area contributed by atoms with Crippen LogP contribution in [0.25, 0.3) is 28.7 Å². The van der Waals surface area contributed by atoms with E-state index in [0.29, 0.717) is 34.0 Å². The fraction of sp³-hybridized carbons (Fsp3) is 0. The molecule has 0 saturated carbocycles. The lowest BCUT2D eigenvalue weighted by Crippen LogP contribution is -2.04. The van der Waals surface area contributed by atoms with Gasteiger partial charge >= 0.3 is 0 Å². The molecule has 4 aromatic rings. The number of halogens is 1. The number of hydrogen-bond acceptors (Lipinski definition) is 3. The van der Waals surface area contributed by atoms with Gasteiger partial charge in [0.2, 0.25) is 5.78 Å². The lowest BCUT2D eigenvalue weighted by Gasteiger charge is -2.03. The van der Waals surface area contributed by atoms with Gasteiger partial charge in [-0.25, -0.2) is 14.4 Å². The number of hydrogen-bond donors (Lipinski definition) is 1. The zero-order valence-corrected chi connectivity index (χ0v) is 14.1. The summed E-state index contributed by atoms with van der Waals surface area (Å²) >= 11 is 0. The van der Waals surface area contributed by atoms with Crippen LogP contribution in [0.3, 0.4) is 0 Å². The lowest BCUT2D eigenvalue weighted by molar-refractivity contribution is -0.110. The third-order valence-corrected chi connectivity index (χ3v) is 4.53. The molecular weight excluding hydrogens is 343 g/mol. The monoisotopic (exact) mass is 356 g/mol. The SMILES string of the molecule is O=C1Nc2ccc(F)cc2/C1=C\c1c(-c2ccccc2)nc2ncccn12. The summed E-state index contributed by atoms with van der Waals surface area (Å²) in [6.07, 6.45) is 5.25. The molecule has 0 fully saturated rings. The van der Waals surface area contributed by atoms with Crippen molar-refractivity contribution in [2.75, 3.05) is 5.32 Å². The number of carbonyl (C=O) groups excluding carboxylic acids is 1. The maximum absolute atomic E-state index is 13.7. The van der Waals surface area contributed by atoms with E-state index in [1.165, 1.54) is 12.1 Å². The maximum Gasteiger partial charge on any atom is 0.256 e. The third kappa shape index (κ3) is 2.50. The standard InChI is InChI=1S/C21H13FN4O/c22-14-7-8-17-15(11-14)16(20(27)24-17)12-18-19(13-5-2-1-3-6-13)25-21-23-9-4-10-26(18)21/h1-12H,(H,24,27)/b16-12+. The van der Waals surface area contributed by atoms with Crippen molar-refractivity contribution < 1.29 is 9.18 Å². The average molecular weight is 356 g/mol. The van der Waals surface area contributed by atoms with Crippen LogP contribution in [0.4, 0.5) is 10.1 Å². The zero-order chi connectivity index (χ0) is 18.4. The molecule has 1 amide bonds. The molecule has 0 unspecified atom stereocenters. The molecular formula is C21H13FN4O. The van der Waals surface area contributed by atoms with Gasteiger partial charge in [0.15, 0.2) is 0 Å². The molecule has 5 nitrogen and oxygen atoms in total. The molecule has 0 atom stereocenters. The molecule has 2 aromatic heterocycles. The highest BCUT2D eigenvalue weighted by Gasteiger charge is 2.26. The molecule has 0 saturated heterocycles. The van der Waals surface area contributed by atoms with Gasteiger partial charge in [0.1, 0.15) is 5.82 Å². The summed E-state index contributed by atoms with van der Waals surface area (Å²) in [5, 5.41) is 2.78. The second-order valence-electron chi connectivity index (χ2n) is 6.20. The van der Waals surface area contributed by atoms with Gasteiger partial charge in [-0.05, 0) is 30.3 Å². The molecule has 1 aliphatic rings. The summed E-state index contributed by atoms with van der Waals surface area (Å²) in [4.78, 5) is 21.4. The first-order valence-corrected chi connectivity index (χ1v) is 8.42. The van der Waals surface area contributed by atoms with Crippen LogP contribution in [-0.4, -0.2) is 20.3 Å². The second kappa shape index (κ2) is 5.88. The Morgan fingerprint density at radius 1 is 1.07 bits per heavy atom. The highest BCUT2D eigenvalue weighted by atomic mass is 19.1. The second-order valence-corrected chi connectivity index (χ2v) is 6.20. The minimum Gasteiger partial charge on any atom is -0.321 e. The first-order chi connectivity index (χ1) is 13.2. The highest BCUT2D eigenvalue weighted by Crippen LogP contribution is 2.35. The predicted molar refractivity (Wildman–Crippen MR) is 101 cm³/mol. The van der Waals surface area contributed by atoms with Crippen LogP contribution in [0.15, 0.2) is 67.0 Å². The smallest absolute Gasteiger partial charge is 0.256 e. The summed E-state index contributed by atoms with van der Waals surface area (Å²) in [5.74, 6) is -0.131. The zero-order valence-electron chi connectivity index (χ0n) is 14.1. The van der Waals surface area contributed by atoms with Gasteiger partial charge in [-0.1, -0.05) is 30.3 Å². The van der Waals surface area contributed by atoms with E-state index in [1.807, 2.05) is 40.9 Å². The Labute approximate surface area is 153 Å². The number of anilines is 1. The fourth-order valence-electron chi connectivity index (χ4n) is 3.29. The van der Waals surface area contributed by atoms with Crippen LogP contribution in [0.2, 0.25) is 0 Å². The van der Waals surface area contributed by atoms with Crippen molar-refractivity contribution in [1.82, 2.24) is 14.4 Å². The number of rotatable bonds is 2. The predicted octanol–water partition coefficient (Wildman–Crippen LogP) is 4.03. The molecule has 130 valence electrons. The van der Waals surface area contributed by atoms with Crippen molar-refractivity contribution in [3.63, 3.8) is 0 Å². The fourth-order valence-corrected chi connectivity index (χ4v) is 3.29. The van der Waals surface area contributed by atoms with Gasteiger partial charge in [-0.15, -0.1) is 0 Å². The molecule has 0 spiro atoms. The van der Waals surface area contributed by atoms with E-state index in [0.717, 1.165) is 5.56 Å². The molecule has 1 N–H and O–H groups in total. The van der Waals surface area contributed by atoms with Crippen molar-refractivity contribution in [3.8, 4) is 11.3 Å². The first kappa shape index (κ1) is 15.5. The highest BCUT2D eigenvalue weighted by molar-refractivity contribution is 6.35. The van der Waals surface area contributed by atoms with E-state index < -0.39 is 0 Å². The van der Waals surface area contributed by atoms with Crippen molar-refractivity contribution >= 4 is 29.0 Å². The number of nitrogens with one attached hydrogen (secondary N) is 1. The molecule has 1 aliphatic heterocycles. The number of imidazole rings is 1. The van der Waals surface area contributed by atoms with Crippen molar-refractivity contribution in [2.45, 2.75) is 0 Å². The average Bonchev–Trinajstić information content (AvgIpc) is 3.21. The Hall–Kier alpha value is -3.80. The van der Waals surface area contributed by atoms with Crippen LogP contribution in [0.5, 0.6) is 0 Å². The van der Waals surface area contributed by atoms with Crippen LogP contribution < -0.4 is 5.32 Å². The Bertz CT molecular complexity index is 1230. The van der Waals surface area contributed by atoms with Crippen LogP contribution in [0, 0.1) is 5.82 Å². The number of amides is 1. The lowest BCUT2D eigenvalue weighted by atomic mass is 10.0. The molecule has 0 aliphatic carbocycles. The Morgan fingerprint density at radius 2 is 1.93 bits per heavy atom. The van der Waals surface area contributed by atoms with Gasteiger partial charge in [0.25, 0.3) is 5.91 Å². The quantitative estimate of drug-likeness (QED) is 0.552. The van der Waals surface area contributed by atoms with Gasteiger partial charge in [-0.2, -0.15) is 0 Å². The number of carbonyl (C=O) groups is 1. The third-order valence-electron chi connectivity index (χ3n) is 4.53. The summed E-state index contributed by atoms with van der Waals surface area (Å²) < 4.78 is 15.6. The first-order valence-electron chi connectivity index (χ1n) is 8.42. The molecule has 3 heterocycles. The van der Waals surface area contributed by atoms with Gasteiger partial charge in [0.05, 0.1) is 17.0 Å². The number of aromatic nitrogens is 3. The molecule has 0 bridgehead atoms. The van der Waals surface area contributed by atoms with Crippen molar-refractivity contribution in [1.29, 1.82) is 0 Å². The van der Waals surface area contributed by atoms with E-state index in [2.05, 4.69) is 15.3 Å². The van der Waals surface area contributed by atoms with Gasteiger partial charge in [-0.3, -0.25) is 9.20 Å². The van der Waals surface area contributed by atoms with Gasteiger partial charge in [0, 0.05) is 29.2 Å². The summed E-state index contributed by atoms with van der Waals surface area (Å²) in [6, 6.07) is 15.7. The van der Waals surface area contributed by atoms with E-state index in [4.69, 9.17) is 0 Å². The number of nitrogens with zero attached hydrogens (tertiary/aromatic N) is 3. The van der Waals surface area contributed by atoms with E-state index >= 15 is 0 Å². The molecule has 2 aromatic carbocycles. The minimum atomic E-state index is -0.390. The largest absolute Gasteiger partial charge is 0.321 e. The Kier molecular flexibility index (Phi) is 3.36. The van der Waals surface area contributed by atoms with E-state index in [9.17, 15) is 9.18 Å². The molecule has 5 rings (SSSR count). The van der Waals surface area contributed by atoms with Crippen LogP contribution in [0.1, 0.15) is 11.3 Å². The Balaban J connectivity index is 1.78. The topological polar surface area (TPSA) is 59.3 Å². The minimum absolute atomic E-state index is 0.270. The van der Waals surface area contributed by atoms with Crippen LogP contribution >= 0.6 is 0 Å². The van der Waals surface area contributed by atoms with E-state index in [-0.39, 0.29) is 11.7 Å². The summed E-state index contributed by atoms with van der Waals surface area (Å²) in [7, 11) is 0. The number of benzene rings is 2. The molecule has 6 heteroatoms. The molecule has 0 radical (unpaired) electrons. The summed E-state index contributed by atoms with van der Waals surface area (Å²) in [5.41, 5.74) is 3.87.